The van der Waals surface area contributed by atoms with E-state index in [2.05, 4.69) is 10.2 Å². The maximum atomic E-state index is 14.3. The molecule has 0 aliphatic rings. The Morgan fingerprint density at radius 1 is 1.13 bits per heavy atom. The Labute approximate surface area is 178 Å². The minimum Gasteiger partial charge on any atom is -0.452 e. The smallest absolute Gasteiger partial charge is 0.435 e. The van der Waals surface area contributed by atoms with Crippen LogP contribution in [0.15, 0.2) is 48.9 Å². The van der Waals surface area contributed by atoms with Crippen molar-refractivity contribution in [2.75, 3.05) is 5.73 Å². The topological polar surface area (TPSA) is 96.7 Å². The van der Waals surface area contributed by atoms with Crippen molar-refractivity contribution in [1.82, 2.24) is 19.4 Å². The van der Waals surface area contributed by atoms with Crippen molar-refractivity contribution in [2.45, 2.75) is 33.3 Å². The van der Waals surface area contributed by atoms with E-state index < -0.39 is 17.5 Å². The number of nitrogen functional groups attached to an aromatic ring is 1. The van der Waals surface area contributed by atoms with Crippen molar-refractivity contribution in [3.05, 3.63) is 60.4 Å². The molecule has 9 heteroatoms. The van der Waals surface area contributed by atoms with Gasteiger partial charge in [-0.1, -0.05) is 0 Å². The summed E-state index contributed by atoms with van der Waals surface area (Å²) in [6.45, 7) is 7.13. The molecule has 4 rings (SSSR count). The van der Waals surface area contributed by atoms with E-state index in [-0.39, 0.29) is 5.75 Å². The third kappa shape index (κ3) is 4.07. The second kappa shape index (κ2) is 7.42. The maximum absolute atomic E-state index is 14.3. The number of hydrogen-bond acceptors (Lipinski definition) is 6. The van der Waals surface area contributed by atoms with Gasteiger partial charge >= 0.3 is 6.09 Å². The third-order valence-electron chi connectivity index (χ3n) is 4.53. The molecule has 3 heterocycles. The van der Waals surface area contributed by atoms with Crippen LogP contribution in [-0.4, -0.2) is 31.1 Å². The highest BCUT2D eigenvalue weighted by molar-refractivity contribution is 5.77. The van der Waals surface area contributed by atoms with Gasteiger partial charge in [-0.05, 0) is 52.0 Å². The van der Waals surface area contributed by atoms with Crippen molar-refractivity contribution in [1.29, 1.82) is 0 Å². The van der Waals surface area contributed by atoms with Crippen LogP contribution in [0, 0.1) is 12.7 Å². The summed E-state index contributed by atoms with van der Waals surface area (Å²) in [4.78, 5) is 12.5. The predicted molar refractivity (Wildman–Crippen MR) is 114 cm³/mol. The summed E-state index contributed by atoms with van der Waals surface area (Å²) in [5.74, 6) is -0.143. The zero-order chi connectivity index (χ0) is 22.3. The first-order valence-corrected chi connectivity index (χ1v) is 9.61. The molecule has 0 bridgehead atoms. The highest BCUT2D eigenvalue weighted by Crippen LogP contribution is 2.34. The second-order valence-electron chi connectivity index (χ2n) is 8.08. The zero-order valence-corrected chi connectivity index (χ0v) is 17.6. The summed E-state index contributed by atoms with van der Waals surface area (Å²) in [7, 11) is 0. The van der Waals surface area contributed by atoms with Gasteiger partial charge in [-0.2, -0.15) is 14.9 Å². The van der Waals surface area contributed by atoms with Gasteiger partial charge in [0, 0.05) is 29.1 Å². The van der Waals surface area contributed by atoms with Gasteiger partial charge in [-0.15, -0.1) is 0 Å². The molecule has 0 aliphatic carbocycles. The Morgan fingerprint density at radius 2 is 1.90 bits per heavy atom. The van der Waals surface area contributed by atoms with E-state index in [0.29, 0.717) is 33.8 Å². The third-order valence-corrected chi connectivity index (χ3v) is 4.53. The molecule has 2 N–H and O–H groups in total. The number of fused-ring (bicyclic) bond motifs is 1. The van der Waals surface area contributed by atoms with E-state index in [1.165, 1.54) is 16.8 Å². The van der Waals surface area contributed by atoms with E-state index >= 15 is 0 Å². The molecule has 160 valence electrons. The summed E-state index contributed by atoms with van der Waals surface area (Å²) < 4.78 is 28.4. The van der Waals surface area contributed by atoms with Gasteiger partial charge < -0.3 is 15.2 Å². The minimum absolute atomic E-state index is 0.0376. The summed E-state index contributed by atoms with van der Waals surface area (Å²) in [6.07, 6.45) is 4.39. The number of carbonyl (C=O) groups is 1. The number of halogens is 1. The number of hydrogen-bond donors (Lipinski definition) is 1. The lowest BCUT2D eigenvalue weighted by Gasteiger charge is -2.19. The summed E-state index contributed by atoms with van der Waals surface area (Å²) >= 11 is 0. The van der Waals surface area contributed by atoms with Crippen molar-refractivity contribution >= 4 is 17.3 Å². The van der Waals surface area contributed by atoms with Gasteiger partial charge in [0.1, 0.15) is 11.1 Å². The van der Waals surface area contributed by atoms with Crippen LogP contribution < -0.4 is 10.5 Å². The lowest BCUT2D eigenvalue weighted by molar-refractivity contribution is 0.0511. The van der Waals surface area contributed by atoms with Crippen molar-refractivity contribution in [3.63, 3.8) is 0 Å². The molecule has 0 amide bonds. The average Bonchev–Trinajstić information content (AvgIpc) is 3.29. The number of carbonyl (C=O) groups excluding carboxylic acids is 1. The fourth-order valence-electron chi connectivity index (χ4n) is 3.13. The molecule has 0 aliphatic heterocycles. The van der Waals surface area contributed by atoms with Gasteiger partial charge in [-0.3, -0.25) is 0 Å². The van der Waals surface area contributed by atoms with Gasteiger partial charge in [-0.25, -0.2) is 13.7 Å². The number of nitrogens with zero attached hydrogens (tertiary/aromatic N) is 4. The van der Waals surface area contributed by atoms with E-state index in [4.69, 9.17) is 15.2 Å². The molecule has 4 aromatic rings. The fourth-order valence-corrected chi connectivity index (χ4v) is 3.13. The number of rotatable bonds is 3. The SMILES string of the molecule is Cc1c(-c2cc(Oc3ccc(N)cc3F)c3ccnn3c2)cnn1C(=O)OC(C)(C)C. The first-order chi connectivity index (χ1) is 14.6. The van der Waals surface area contributed by atoms with Crippen LogP contribution in [0.25, 0.3) is 16.6 Å². The first kappa shape index (κ1) is 20.4. The molecule has 0 radical (unpaired) electrons. The van der Waals surface area contributed by atoms with Crippen molar-refractivity contribution < 1.29 is 18.7 Å². The van der Waals surface area contributed by atoms with E-state index in [0.717, 1.165) is 0 Å². The molecule has 0 atom stereocenters. The van der Waals surface area contributed by atoms with Gasteiger partial charge in [0.05, 0.1) is 18.1 Å². The monoisotopic (exact) mass is 423 g/mol. The molecule has 0 saturated carbocycles. The largest absolute Gasteiger partial charge is 0.452 e. The molecule has 0 fully saturated rings. The van der Waals surface area contributed by atoms with Crippen LogP contribution in [0.5, 0.6) is 11.5 Å². The Balaban J connectivity index is 1.75. The summed E-state index contributed by atoms with van der Waals surface area (Å²) in [6, 6.07) is 7.73. The van der Waals surface area contributed by atoms with Crippen LogP contribution in [0.3, 0.4) is 0 Å². The summed E-state index contributed by atoms with van der Waals surface area (Å²) in [5, 5.41) is 8.45. The van der Waals surface area contributed by atoms with Crippen LogP contribution in [0.2, 0.25) is 0 Å². The Bertz CT molecular complexity index is 1290. The number of benzene rings is 1. The number of nitrogens with two attached hydrogens (primary N) is 1. The number of pyridine rings is 1. The molecular weight excluding hydrogens is 401 g/mol. The Morgan fingerprint density at radius 3 is 2.61 bits per heavy atom. The first-order valence-electron chi connectivity index (χ1n) is 9.61. The Hall–Kier alpha value is -3.88. The predicted octanol–water partition coefficient (Wildman–Crippen LogP) is 4.80. The van der Waals surface area contributed by atoms with Gasteiger partial charge in [0.15, 0.2) is 17.3 Å². The molecule has 8 nitrogen and oxygen atoms in total. The number of aromatic nitrogens is 4. The lowest BCUT2D eigenvalue weighted by atomic mass is 10.1. The van der Waals surface area contributed by atoms with Crippen LogP contribution in [0.1, 0.15) is 26.5 Å². The highest BCUT2D eigenvalue weighted by atomic mass is 19.1. The molecule has 1 aromatic carbocycles. The average molecular weight is 423 g/mol. The molecular formula is C22H22FN5O3. The van der Waals surface area contributed by atoms with Gasteiger partial charge in [0.2, 0.25) is 0 Å². The van der Waals surface area contributed by atoms with Crippen molar-refractivity contribution in [2.24, 2.45) is 0 Å². The van der Waals surface area contributed by atoms with Crippen LogP contribution in [-0.2, 0) is 4.74 Å². The molecule has 3 aromatic heterocycles. The minimum atomic E-state index is -0.645. The van der Waals surface area contributed by atoms with E-state index in [1.54, 1.807) is 69.0 Å². The van der Waals surface area contributed by atoms with Crippen molar-refractivity contribution in [3.8, 4) is 22.6 Å². The fraction of sp³-hybridized carbons (Fsp3) is 0.227. The molecule has 0 spiro atoms. The molecule has 31 heavy (non-hydrogen) atoms. The maximum Gasteiger partial charge on any atom is 0.435 e. The normalized spacial score (nSPS) is 11.6. The zero-order valence-electron chi connectivity index (χ0n) is 17.6. The second-order valence-corrected chi connectivity index (χ2v) is 8.08. The highest BCUT2D eigenvalue weighted by Gasteiger charge is 2.22. The van der Waals surface area contributed by atoms with Gasteiger partial charge in [0.25, 0.3) is 0 Å². The van der Waals surface area contributed by atoms with Crippen LogP contribution >= 0.6 is 0 Å². The van der Waals surface area contributed by atoms with Crippen LogP contribution in [0.4, 0.5) is 14.9 Å². The van der Waals surface area contributed by atoms with E-state index in [9.17, 15) is 9.18 Å². The Kier molecular flexibility index (Phi) is 4.88. The molecule has 0 saturated heterocycles. The lowest BCUT2D eigenvalue weighted by Crippen LogP contribution is -2.28. The summed E-state index contributed by atoms with van der Waals surface area (Å²) in [5.41, 5.74) is 7.89. The number of ether oxygens (including phenoxy) is 2. The standard InChI is InChI=1S/C22H22FN5O3/c1-13-16(11-26-28(13)21(29)31-22(2,3)4)14-9-20(18-7-8-25-27(18)12-14)30-19-6-5-15(24)10-17(19)23/h5-12H,24H2,1-4H3. The number of anilines is 1. The van der Waals surface area contributed by atoms with E-state index in [1.807, 2.05) is 0 Å². The molecule has 0 unspecified atom stereocenters. The quantitative estimate of drug-likeness (QED) is 0.475.